The Labute approximate surface area is 86.7 Å². The fraction of sp³-hybridized carbons (Fsp3) is 0.250. The molecule has 0 saturated carbocycles. The predicted molar refractivity (Wildman–Crippen MR) is 48.6 cm³/mol. The van der Waals surface area contributed by atoms with E-state index >= 15 is 0 Å². The third-order valence-corrected chi connectivity index (χ3v) is 2.44. The Hall–Kier alpha value is -0.893. The Bertz CT molecular complexity index is 334. The molecule has 0 fully saturated rings. The summed E-state index contributed by atoms with van der Waals surface area (Å²) in [4.78, 5) is 0. The van der Waals surface area contributed by atoms with Gasteiger partial charge in [-0.15, -0.1) is 0 Å². The van der Waals surface area contributed by atoms with E-state index in [0.29, 0.717) is 0 Å². The van der Waals surface area contributed by atoms with Gasteiger partial charge in [-0.05, 0) is 12.1 Å². The number of halogens is 3. The Kier molecular flexibility index (Phi) is 3.19. The fourth-order valence-corrected chi connectivity index (χ4v) is 1.23. The molecule has 1 rings (SSSR count). The van der Waals surface area contributed by atoms with Gasteiger partial charge in [0.2, 0.25) is 0 Å². The van der Waals surface area contributed by atoms with E-state index < -0.39 is 17.7 Å². The normalized spacial score (nSPS) is 13.1. The monoisotopic (exact) mass is 238 g/mol. The lowest BCUT2D eigenvalue weighted by Crippen LogP contribution is -2.27. The molecule has 1 aromatic carbocycles. The summed E-state index contributed by atoms with van der Waals surface area (Å²) in [5.74, 6) is -2.50. The van der Waals surface area contributed by atoms with Crippen LogP contribution in [-0.2, 0) is 16.6 Å². The molecule has 0 aromatic heterocycles. The number of hydrogen-bond donors (Lipinski definition) is 2. The SMILES string of the molecule is OC(O)(O[SiH3])c1ccc(C(F)(F)F)cc1. The second-order valence-electron chi connectivity index (χ2n) is 2.89. The summed E-state index contributed by atoms with van der Waals surface area (Å²) in [6, 6.07) is 3.44. The molecule has 3 nitrogen and oxygen atoms in total. The van der Waals surface area contributed by atoms with Gasteiger partial charge in [-0.1, -0.05) is 12.1 Å². The van der Waals surface area contributed by atoms with E-state index in [2.05, 4.69) is 4.43 Å². The van der Waals surface area contributed by atoms with Gasteiger partial charge in [0, 0.05) is 5.56 Å². The van der Waals surface area contributed by atoms with Gasteiger partial charge in [-0.2, -0.15) is 13.2 Å². The lowest BCUT2D eigenvalue weighted by Gasteiger charge is -2.20. The zero-order chi connectivity index (χ0) is 11.7. The maximum Gasteiger partial charge on any atom is 0.416 e. The van der Waals surface area contributed by atoms with Crippen molar-refractivity contribution in [3.63, 3.8) is 0 Å². The highest BCUT2D eigenvalue weighted by molar-refractivity contribution is 5.98. The minimum atomic E-state index is -4.44. The third-order valence-electron chi connectivity index (χ3n) is 1.87. The third kappa shape index (κ3) is 2.78. The molecule has 7 heteroatoms. The zero-order valence-electron chi connectivity index (χ0n) is 7.75. The summed E-state index contributed by atoms with van der Waals surface area (Å²) in [5, 5.41) is 18.4. The van der Waals surface area contributed by atoms with Crippen molar-refractivity contribution in [3.8, 4) is 0 Å². The van der Waals surface area contributed by atoms with Crippen LogP contribution in [-0.4, -0.2) is 20.7 Å². The molecule has 0 heterocycles. The Morgan fingerprint density at radius 2 is 1.40 bits per heavy atom. The fourth-order valence-electron chi connectivity index (χ4n) is 0.994. The van der Waals surface area contributed by atoms with Crippen LogP contribution in [0.5, 0.6) is 0 Å². The second kappa shape index (κ2) is 3.93. The molecule has 0 aliphatic carbocycles. The van der Waals surface area contributed by atoms with Crippen molar-refractivity contribution in [3.05, 3.63) is 35.4 Å². The van der Waals surface area contributed by atoms with Crippen LogP contribution in [0.15, 0.2) is 24.3 Å². The quantitative estimate of drug-likeness (QED) is 0.567. The first kappa shape index (κ1) is 12.2. The summed E-state index contributed by atoms with van der Waals surface area (Å²) in [6.45, 7) is 0. The predicted octanol–water partition coefficient (Wildman–Crippen LogP) is 0.0973. The van der Waals surface area contributed by atoms with Crippen LogP contribution in [0, 0.1) is 0 Å². The van der Waals surface area contributed by atoms with Crippen LogP contribution < -0.4 is 0 Å². The molecular formula is C8H9F3O3Si. The smallest absolute Gasteiger partial charge is 0.377 e. The van der Waals surface area contributed by atoms with E-state index in [9.17, 15) is 23.4 Å². The van der Waals surface area contributed by atoms with Gasteiger partial charge < -0.3 is 14.6 Å². The van der Waals surface area contributed by atoms with E-state index in [0.717, 1.165) is 24.3 Å². The van der Waals surface area contributed by atoms with Crippen molar-refractivity contribution in [2.75, 3.05) is 0 Å². The van der Waals surface area contributed by atoms with Crippen LogP contribution >= 0.6 is 0 Å². The molecule has 0 aliphatic heterocycles. The number of benzene rings is 1. The van der Waals surface area contributed by atoms with Crippen LogP contribution in [0.25, 0.3) is 0 Å². The molecule has 0 unspecified atom stereocenters. The van der Waals surface area contributed by atoms with Gasteiger partial charge in [-0.25, -0.2) is 0 Å². The standard InChI is InChI=1S/C8H9F3O3Si/c9-7(10,11)5-1-3-6(4-2-5)8(12,13)14-15/h1-4,12-13H,15H3. The molecule has 0 atom stereocenters. The molecular weight excluding hydrogens is 229 g/mol. The first-order valence-corrected chi connectivity index (χ1v) is 4.76. The van der Waals surface area contributed by atoms with E-state index in [1.165, 1.54) is 0 Å². The highest BCUT2D eigenvalue weighted by atomic mass is 28.2. The van der Waals surface area contributed by atoms with Crippen LogP contribution in [0.2, 0.25) is 0 Å². The highest BCUT2D eigenvalue weighted by Gasteiger charge is 2.31. The largest absolute Gasteiger partial charge is 0.416 e. The maximum absolute atomic E-state index is 12.1. The summed E-state index contributed by atoms with van der Waals surface area (Å²) in [5.41, 5.74) is -0.985. The van der Waals surface area contributed by atoms with Gasteiger partial charge in [0.15, 0.2) is 10.5 Å². The molecule has 1 aromatic rings. The lowest BCUT2D eigenvalue weighted by atomic mass is 10.1. The van der Waals surface area contributed by atoms with Gasteiger partial charge in [0.1, 0.15) is 0 Å². The molecule has 0 aliphatic rings. The number of alkyl halides is 3. The Balaban J connectivity index is 3.01. The zero-order valence-corrected chi connectivity index (χ0v) is 9.75. The molecule has 84 valence electrons. The van der Waals surface area contributed by atoms with E-state index in [4.69, 9.17) is 0 Å². The van der Waals surface area contributed by atoms with Crippen molar-refractivity contribution in [1.29, 1.82) is 0 Å². The molecule has 0 amide bonds. The molecule has 15 heavy (non-hydrogen) atoms. The minimum Gasteiger partial charge on any atom is -0.377 e. The molecule has 0 radical (unpaired) electrons. The minimum absolute atomic E-state index is 0.0492. The van der Waals surface area contributed by atoms with Gasteiger partial charge in [-0.3, -0.25) is 0 Å². The molecule has 0 spiro atoms. The van der Waals surface area contributed by atoms with Gasteiger partial charge >= 0.3 is 6.18 Å². The topological polar surface area (TPSA) is 49.7 Å². The van der Waals surface area contributed by atoms with E-state index in [1.807, 2.05) is 0 Å². The van der Waals surface area contributed by atoms with E-state index in [-0.39, 0.29) is 16.0 Å². The molecule has 2 N–H and O–H groups in total. The maximum atomic E-state index is 12.1. The number of rotatable bonds is 2. The average molecular weight is 238 g/mol. The Morgan fingerprint density at radius 3 is 1.73 bits per heavy atom. The Morgan fingerprint density at radius 1 is 1.00 bits per heavy atom. The highest BCUT2D eigenvalue weighted by Crippen LogP contribution is 2.30. The van der Waals surface area contributed by atoms with Crippen LogP contribution in [0.3, 0.4) is 0 Å². The summed E-state index contributed by atoms with van der Waals surface area (Å²) < 4.78 is 40.9. The van der Waals surface area contributed by atoms with Crippen molar-refractivity contribution >= 4 is 10.5 Å². The van der Waals surface area contributed by atoms with Crippen LogP contribution in [0.4, 0.5) is 13.2 Å². The van der Waals surface area contributed by atoms with Crippen LogP contribution in [0.1, 0.15) is 11.1 Å². The number of hydrogen-bond acceptors (Lipinski definition) is 3. The number of aliphatic hydroxyl groups is 2. The first-order chi connectivity index (χ1) is 6.77. The van der Waals surface area contributed by atoms with Crippen molar-refractivity contribution < 1.29 is 27.8 Å². The van der Waals surface area contributed by atoms with Crippen molar-refractivity contribution in [1.82, 2.24) is 0 Å². The van der Waals surface area contributed by atoms with Gasteiger partial charge in [0.25, 0.3) is 5.97 Å². The average Bonchev–Trinajstić information content (AvgIpc) is 2.17. The first-order valence-electron chi connectivity index (χ1n) is 3.95. The molecule has 0 bridgehead atoms. The van der Waals surface area contributed by atoms with E-state index in [1.54, 1.807) is 0 Å². The lowest BCUT2D eigenvalue weighted by molar-refractivity contribution is -0.303. The van der Waals surface area contributed by atoms with Crippen molar-refractivity contribution in [2.45, 2.75) is 12.1 Å². The summed E-state index contributed by atoms with van der Waals surface area (Å²) >= 11 is 0. The summed E-state index contributed by atoms with van der Waals surface area (Å²) in [6.07, 6.45) is -4.44. The van der Waals surface area contributed by atoms with Crippen molar-refractivity contribution in [2.24, 2.45) is 0 Å². The van der Waals surface area contributed by atoms with Gasteiger partial charge in [0.05, 0.1) is 5.56 Å². The molecule has 0 saturated heterocycles. The summed E-state index contributed by atoms with van der Waals surface area (Å²) in [7, 11) is 0.0492. The second-order valence-corrected chi connectivity index (χ2v) is 3.30.